The van der Waals surface area contributed by atoms with Crippen LogP contribution in [0, 0.1) is 0 Å². The van der Waals surface area contributed by atoms with Gasteiger partial charge in [-0.2, -0.15) is 0 Å². The molecular formula is C27H25N7O4. The van der Waals surface area contributed by atoms with Crippen LogP contribution in [0.1, 0.15) is 45.3 Å². The largest absolute Gasteiger partial charge is 0.465 e. The van der Waals surface area contributed by atoms with Crippen LogP contribution in [0.2, 0.25) is 0 Å². The van der Waals surface area contributed by atoms with Crippen LogP contribution < -0.4 is 10.6 Å². The molecule has 6 rings (SSSR count). The number of hydrogen-bond acceptors (Lipinski definition) is 8. The lowest BCUT2D eigenvalue weighted by molar-refractivity contribution is 0.0600. The molecule has 1 saturated heterocycles. The summed E-state index contributed by atoms with van der Waals surface area (Å²) in [6.45, 7) is 1.34. The highest BCUT2D eigenvalue weighted by atomic mass is 16.5. The van der Waals surface area contributed by atoms with Crippen LogP contribution in [0.15, 0.2) is 59.9 Å². The maximum absolute atomic E-state index is 13.5. The van der Waals surface area contributed by atoms with E-state index in [0.717, 1.165) is 23.9 Å². The van der Waals surface area contributed by atoms with Crippen molar-refractivity contribution in [1.82, 2.24) is 29.1 Å². The van der Waals surface area contributed by atoms with Crippen molar-refractivity contribution in [1.29, 1.82) is 0 Å². The topological polar surface area (TPSA) is 128 Å². The van der Waals surface area contributed by atoms with Gasteiger partial charge in [-0.15, -0.1) is 0 Å². The van der Waals surface area contributed by atoms with E-state index in [1.807, 2.05) is 23.7 Å². The van der Waals surface area contributed by atoms with Crippen molar-refractivity contribution in [2.24, 2.45) is 7.05 Å². The van der Waals surface area contributed by atoms with E-state index < -0.39 is 5.97 Å². The average Bonchev–Trinajstić information content (AvgIpc) is 3.47. The van der Waals surface area contributed by atoms with Gasteiger partial charge in [0.1, 0.15) is 17.8 Å². The number of ether oxygens (including phenoxy) is 1. The van der Waals surface area contributed by atoms with Crippen molar-refractivity contribution >= 4 is 39.6 Å². The van der Waals surface area contributed by atoms with E-state index in [2.05, 4.69) is 24.8 Å². The predicted molar refractivity (Wildman–Crippen MR) is 141 cm³/mol. The van der Waals surface area contributed by atoms with Crippen LogP contribution in [0.4, 0.5) is 5.82 Å². The first-order valence-corrected chi connectivity index (χ1v) is 12.3. The quantitative estimate of drug-likeness (QED) is 0.282. The number of carbonyl (C=O) groups excluding carboxylic acids is 2. The van der Waals surface area contributed by atoms with Gasteiger partial charge in [0.2, 0.25) is 5.78 Å². The molecule has 1 aliphatic rings. The number of methoxy groups -OCH3 is 1. The van der Waals surface area contributed by atoms with Gasteiger partial charge in [0.25, 0.3) is 0 Å². The van der Waals surface area contributed by atoms with E-state index in [-0.39, 0.29) is 23.2 Å². The van der Waals surface area contributed by atoms with Gasteiger partial charge in [-0.25, -0.2) is 24.5 Å². The zero-order valence-corrected chi connectivity index (χ0v) is 20.9. The van der Waals surface area contributed by atoms with Crippen molar-refractivity contribution < 1.29 is 14.3 Å². The van der Waals surface area contributed by atoms with E-state index in [0.29, 0.717) is 41.1 Å². The van der Waals surface area contributed by atoms with E-state index in [1.54, 1.807) is 41.2 Å². The molecule has 0 radical (unpaired) electrons. The third-order valence-electron chi connectivity index (χ3n) is 7.18. The third-order valence-corrected chi connectivity index (χ3v) is 7.18. The van der Waals surface area contributed by atoms with Crippen LogP contribution in [0.25, 0.3) is 22.1 Å². The molecule has 1 aromatic carbocycles. The monoisotopic (exact) mass is 511 g/mol. The van der Waals surface area contributed by atoms with E-state index in [9.17, 15) is 14.4 Å². The zero-order chi connectivity index (χ0) is 26.4. The summed E-state index contributed by atoms with van der Waals surface area (Å²) < 4.78 is 8.47. The van der Waals surface area contributed by atoms with Crippen LogP contribution in [-0.4, -0.2) is 61.0 Å². The first-order valence-electron chi connectivity index (χ1n) is 12.3. The van der Waals surface area contributed by atoms with Crippen molar-refractivity contribution in [3.63, 3.8) is 0 Å². The molecule has 11 heteroatoms. The highest BCUT2D eigenvalue weighted by Crippen LogP contribution is 2.28. The van der Waals surface area contributed by atoms with Crippen molar-refractivity contribution in [3.05, 3.63) is 82.4 Å². The summed E-state index contributed by atoms with van der Waals surface area (Å²) in [7, 11) is 3.17. The number of nitrogens with one attached hydrogen (secondary N) is 1. The summed E-state index contributed by atoms with van der Waals surface area (Å²) in [5.41, 5.74) is 3.15. The molecule has 0 aliphatic carbocycles. The standard InChI is InChI=1S/C27H25N7O4/c1-32-14-19(18-12-16(26(36)38-2)5-6-21(18)32)24(35)20-13-23(30-15-29-20)33-10-7-17(8-11-33)34-22-4-3-9-28-25(22)31-27(34)37/h3-6,9,12-15,17H,7-8,10-11H2,1-2H3,(H,28,31,37). The Morgan fingerprint density at radius 2 is 1.87 bits per heavy atom. The average molecular weight is 512 g/mol. The van der Waals surface area contributed by atoms with Gasteiger partial charge in [-0.05, 0) is 43.2 Å². The van der Waals surface area contributed by atoms with E-state index in [4.69, 9.17) is 4.74 Å². The molecule has 0 unspecified atom stereocenters. The SMILES string of the molecule is COC(=O)c1ccc2c(c1)c(C(=O)c1cc(N3CCC(n4c(=O)[nH]c5ncccc54)CC3)ncn1)cn2C. The molecular weight excluding hydrogens is 486 g/mol. The Morgan fingerprint density at radius 1 is 1.05 bits per heavy atom. The Morgan fingerprint density at radius 3 is 2.66 bits per heavy atom. The van der Waals surface area contributed by atoms with Gasteiger partial charge in [0.15, 0.2) is 5.65 Å². The summed E-state index contributed by atoms with van der Waals surface area (Å²) >= 11 is 0. The molecule has 0 atom stereocenters. The number of piperidine rings is 1. The first kappa shape index (κ1) is 23.6. The van der Waals surface area contributed by atoms with Gasteiger partial charge in [-0.1, -0.05) is 0 Å². The number of aryl methyl sites for hydroxylation is 1. The lowest BCUT2D eigenvalue weighted by Crippen LogP contribution is -2.37. The number of fused-ring (bicyclic) bond motifs is 2. The molecule has 0 bridgehead atoms. The fraction of sp³-hybridized carbons (Fsp3) is 0.259. The van der Waals surface area contributed by atoms with E-state index in [1.165, 1.54) is 13.4 Å². The molecule has 38 heavy (non-hydrogen) atoms. The van der Waals surface area contributed by atoms with Crippen LogP contribution in [0.5, 0.6) is 0 Å². The molecule has 5 aromatic rings. The van der Waals surface area contributed by atoms with Crippen molar-refractivity contribution in [2.45, 2.75) is 18.9 Å². The molecule has 11 nitrogen and oxygen atoms in total. The smallest absolute Gasteiger partial charge is 0.337 e. The molecule has 0 saturated carbocycles. The van der Waals surface area contributed by atoms with Crippen LogP contribution in [-0.2, 0) is 11.8 Å². The molecule has 192 valence electrons. The number of aromatic amines is 1. The number of rotatable bonds is 5. The highest BCUT2D eigenvalue weighted by molar-refractivity contribution is 6.16. The molecule has 1 aliphatic heterocycles. The summed E-state index contributed by atoms with van der Waals surface area (Å²) in [6, 6.07) is 10.6. The molecule has 1 fully saturated rings. The maximum Gasteiger partial charge on any atom is 0.337 e. The summed E-state index contributed by atoms with van der Waals surface area (Å²) in [6.07, 6.45) is 6.30. The number of benzene rings is 1. The number of hydrogen-bond donors (Lipinski definition) is 1. The lowest BCUT2D eigenvalue weighted by atomic mass is 10.0. The Balaban J connectivity index is 1.25. The van der Waals surface area contributed by atoms with Gasteiger partial charge < -0.3 is 14.2 Å². The van der Waals surface area contributed by atoms with Gasteiger partial charge in [0, 0.05) is 61.1 Å². The van der Waals surface area contributed by atoms with E-state index >= 15 is 0 Å². The number of nitrogens with zero attached hydrogens (tertiary/aromatic N) is 6. The zero-order valence-electron chi connectivity index (χ0n) is 20.9. The third kappa shape index (κ3) is 3.92. The normalized spacial score (nSPS) is 14.3. The molecule has 0 amide bonds. The number of imidazole rings is 1. The minimum Gasteiger partial charge on any atom is -0.465 e. The molecule has 5 heterocycles. The predicted octanol–water partition coefficient (Wildman–Crippen LogP) is 2.87. The summed E-state index contributed by atoms with van der Waals surface area (Å²) in [5.74, 6) is -0.0627. The number of aromatic nitrogens is 6. The van der Waals surface area contributed by atoms with Gasteiger partial charge in [0.05, 0.1) is 18.2 Å². The minimum absolute atomic E-state index is 0.0410. The Kier molecular flexibility index (Phi) is 5.74. The fourth-order valence-electron chi connectivity index (χ4n) is 5.27. The minimum atomic E-state index is -0.465. The molecule has 4 aromatic heterocycles. The fourth-order valence-corrected chi connectivity index (χ4v) is 5.27. The number of anilines is 1. The van der Waals surface area contributed by atoms with Gasteiger partial charge in [-0.3, -0.25) is 14.3 Å². The number of ketones is 1. The van der Waals surface area contributed by atoms with Crippen molar-refractivity contribution in [3.8, 4) is 0 Å². The Bertz CT molecular complexity index is 1760. The lowest BCUT2D eigenvalue weighted by Gasteiger charge is -2.33. The number of carbonyl (C=O) groups is 2. The summed E-state index contributed by atoms with van der Waals surface area (Å²) in [4.78, 5) is 56.0. The number of H-pyrrole nitrogens is 1. The Hall–Kier alpha value is -4.80. The van der Waals surface area contributed by atoms with Crippen LogP contribution in [0.3, 0.4) is 0 Å². The molecule has 1 N–H and O–H groups in total. The highest BCUT2D eigenvalue weighted by Gasteiger charge is 2.26. The second-order valence-corrected chi connectivity index (χ2v) is 9.36. The van der Waals surface area contributed by atoms with Crippen LogP contribution >= 0.6 is 0 Å². The van der Waals surface area contributed by atoms with Crippen molar-refractivity contribution in [2.75, 3.05) is 25.1 Å². The molecule has 0 spiro atoms. The number of esters is 1. The second-order valence-electron chi connectivity index (χ2n) is 9.36. The number of pyridine rings is 1. The maximum atomic E-state index is 13.5. The first-order chi connectivity index (χ1) is 18.4. The van der Waals surface area contributed by atoms with Gasteiger partial charge >= 0.3 is 11.7 Å². The summed E-state index contributed by atoms with van der Waals surface area (Å²) in [5, 5.41) is 0.653. The second kappa shape index (κ2) is 9.25. The Labute approximate surface area is 216 Å².